The molecule has 2 heterocycles. The monoisotopic (exact) mass is 503 g/mol. The fraction of sp³-hybridized carbons (Fsp3) is 0.214. The standard InChI is InChI=1S/C28H29N3O4S/c1-30(2)25-13-10-22(29-27(32)16-20-8-11-23(34-3)12-9-20)17-21(25)18-31(19-24-6-4-14-35-24)28(33)26-7-5-15-36-26/h4-15,17H,16,18-19H2,1-3H3,(H,29,32). The van der Waals surface area contributed by atoms with Crippen molar-refractivity contribution in [2.24, 2.45) is 0 Å². The van der Waals surface area contributed by atoms with Crippen LogP contribution in [-0.4, -0.2) is 37.9 Å². The molecule has 1 N–H and O–H groups in total. The Kier molecular flexibility index (Phi) is 8.07. The van der Waals surface area contributed by atoms with Crippen LogP contribution in [0.3, 0.4) is 0 Å². The second-order valence-electron chi connectivity index (χ2n) is 8.53. The molecule has 0 saturated heterocycles. The van der Waals surface area contributed by atoms with Crippen LogP contribution in [0, 0.1) is 0 Å². The van der Waals surface area contributed by atoms with E-state index >= 15 is 0 Å². The van der Waals surface area contributed by atoms with Gasteiger partial charge in [0.25, 0.3) is 5.91 Å². The number of rotatable bonds is 10. The fourth-order valence-electron chi connectivity index (χ4n) is 3.91. The summed E-state index contributed by atoms with van der Waals surface area (Å²) in [5, 5.41) is 4.88. The number of carbonyl (C=O) groups excluding carboxylic acids is 2. The third kappa shape index (κ3) is 6.34. The molecule has 0 bridgehead atoms. The van der Waals surface area contributed by atoms with E-state index in [1.54, 1.807) is 18.3 Å². The number of nitrogens with one attached hydrogen (secondary N) is 1. The molecule has 2 amide bonds. The molecule has 0 aliphatic heterocycles. The quantitative estimate of drug-likeness (QED) is 0.312. The Morgan fingerprint density at radius 3 is 2.44 bits per heavy atom. The van der Waals surface area contributed by atoms with Crippen molar-refractivity contribution in [3.8, 4) is 5.75 Å². The third-order valence-corrected chi connectivity index (χ3v) is 6.53. The van der Waals surface area contributed by atoms with Gasteiger partial charge >= 0.3 is 0 Å². The first-order valence-corrected chi connectivity index (χ1v) is 12.4. The maximum atomic E-state index is 13.3. The smallest absolute Gasteiger partial charge is 0.264 e. The predicted molar refractivity (Wildman–Crippen MR) is 143 cm³/mol. The first-order chi connectivity index (χ1) is 17.4. The van der Waals surface area contributed by atoms with Crippen molar-refractivity contribution < 1.29 is 18.7 Å². The van der Waals surface area contributed by atoms with Gasteiger partial charge in [-0.2, -0.15) is 0 Å². The molecule has 36 heavy (non-hydrogen) atoms. The number of nitrogens with zero attached hydrogens (tertiary/aromatic N) is 2. The lowest BCUT2D eigenvalue weighted by Crippen LogP contribution is -2.30. The van der Waals surface area contributed by atoms with Crippen molar-refractivity contribution in [3.05, 3.63) is 100 Å². The molecule has 0 fully saturated rings. The van der Waals surface area contributed by atoms with Crippen molar-refractivity contribution in [3.63, 3.8) is 0 Å². The van der Waals surface area contributed by atoms with Crippen LogP contribution in [0.1, 0.15) is 26.6 Å². The number of furan rings is 1. The summed E-state index contributed by atoms with van der Waals surface area (Å²) in [6, 6.07) is 20.6. The maximum absolute atomic E-state index is 13.3. The second-order valence-corrected chi connectivity index (χ2v) is 9.48. The molecule has 0 saturated carbocycles. The van der Waals surface area contributed by atoms with Gasteiger partial charge < -0.3 is 24.3 Å². The fourth-order valence-corrected chi connectivity index (χ4v) is 4.60. The highest BCUT2D eigenvalue weighted by atomic mass is 32.1. The van der Waals surface area contributed by atoms with Gasteiger partial charge in [-0.3, -0.25) is 9.59 Å². The van der Waals surface area contributed by atoms with Gasteiger partial charge in [-0.25, -0.2) is 0 Å². The van der Waals surface area contributed by atoms with Crippen LogP contribution in [0.4, 0.5) is 11.4 Å². The molecule has 4 aromatic rings. The molecule has 7 nitrogen and oxygen atoms in total. The zero-order valence-corrected chi connectivity index (χ0v) is 21.4. The van der Waals surface area contributed by atoms with E-state index in [1.807, 2.05) is 91.1 Å². The lowest BCUT2D eigenvalue weighted by molar-refractivity contribution is -0.115. The normalized spacial score (nSPS) is 10.6. The van der Waals surface area contributed by atoms with E-state index < -0.39 is 0 Å². The lowest BCUT2D eigenvalue weighted by atomic mass is 10.1. The Morgan fingerprint density at radius 1 is 1.00 bits per heavy atom. The molecule has 0 radical (unpaired) electrons. The second kappa shape index (κ2) is 11.6. The number of ether oxygens (including phenoxy) is 1. The van der Waals surface area contributed by atoms with Crippen molar-refractivity contribution in [2.75, 3.05) is 31.4 Å². The van der Waals surface area contributed by atoms with Crippen molar-refractivity contribution in [1.82, 2.24) is 4.90 Å². The van der Waals surface area contributed by atoms with Crippen LogP contribution in [0.2, 0.25) is 0 Å². The van der Waals surface area contributed by atoms with Gasteiger partial charge in [-0.15, -0.1) is 11.3 Å². The average Bonchev–Trinajstić information content (AvgIpc) is 3.58. The number of hydrogen-bond acceptors (Lipinski definition) is 6. The number of hydrogen-bond donors (Lipinski definition) is 1. The van der Waals surface area contributed by atoms with Gasteiger partial charge in [0.05, 0.1) is 31.2 Å². The molecule has 0 unspecified atom stereocenters. The molecule has 0 atom stereocenters. The van der Waals surface area contributed by atoms with Crippen molar-refractivity contribution >= 4 is 34.5 Å². The van der Waals surface area contributed by atoms with Crippen LogP contribution in [0.15, 0.2) is 82.8 Å². The highest BCUT2D eigenvalue weighted by Crippen LogP contribution is 2.27. The summed E-state index contributed by atoms with van der Waals surface area (Å²) < 4.78 is 10.7. The summed E-state index contributed by atoms with van der Waals surface area (Å²) in [6.45, 7) is 0.692. The average molecular weight is 504 g/mol. The molecule has 2 aromatic carbocycles. The topological polar surface area (TPSA) is 75.0 Å². The third-order valence-electron chi connectivity index (χ3n) is 5.68. The molecule has 4 rings (SSSR count). The first-order valence-electron chi connectivity index (χ1n) is 11.5. The van der Waals surface area contributed by atoms with E-state index in [1.165, 1.54) is 11.3 Å². The van der Waals surface area contributed by atoms with Gasteiger partial charge in [0.15, 0.2) is 0 Å². The molecule has 0 aliphatic rings. The Hall–Kier alpha value is -4.04. The van der Waals surface area contributed by atoms with Gasteiger partial charge in [0.2, 0.25) is 5.91 Å². The number of methoxy groups -OCH3 is 1. The van der Waals surface area contributed by atoms with E-state index in [2.05, 4.69) is 5.32 Å². The van der Waals surface area contributed by atoms with E-state index in [0.29, 0.717) is 29.4 Å². The van der Waals surface area contributed by atoms with Gasteiger partial charge in [-0.1, -0.05) is 18.2 Å². The lowest BCUT2D eigenvalue weighted by Gasteiger charge is -2.25. The van der Waals surface area contributed by atoms with Crippen molar-refractivity contribution in [2.45, 2.75) is 19.5 Å². The number of benzene rings is 2. The number of carbonyl (C=O) groups is 2. The summed E-state index contributed by atoms with van der Waals surface area (Å²) in [4.78, 5) is 30.5. The van der Waals surface area contributed by atoms with Crippen LogP contribution >= 0.6 is 11.3 Å². The summed E-state index contributed by atoms with van der Waals surface area (Å²) in [6.07, 6.45) is 1.85. The molecule has 186 valence electrons. The van der Waals surface area contributed by atoms with Crippen LogP contribution in [0.5, 0.6) is 5.75 Å². The van der Waals surface area contributed by atoms with Gasteiger partial charge in [-0.05, 0) is 65.0 Å². The molecular formula is C28H29N3O4S. The Balaban J connectivity index is 1.55. The summed E-state index contributed by atoms with van der Waals surface area (Å²) in [5.41, 5.74) is 3.45. The first kappa shape index (κ1) is 25.1. The van der Waals surface area contributed by atoms with Crippen LogP contribution in [0.25, 0.3) is 0 Å². The number of thiophene rings is 1. The molecular weight excluding hydrogens is 474 g/mol. The predicted octanol–water partition coefficient (Wildman–Crippen LogP) is 5.44. The molecule has 2 aromatic heterocycles. The van der Waals surface area contributed by atoms with Crippen LogP contribution in [-0.2, 0) is 24.3 Å². The molecule has 0 spiro atoms. The van der Waals surface area contributed by atoms with E-state index in [9.17, 15) is 9.59 Å². The van der Waals surface area contributed by atoms with E-state index in [-0.39, 0.29) is 18.2 Å². The van der Waals surface area contributed by atoms with E-state index in [4.69, 9.17) is 9.15 Å². The largest absolute Gasteiger partial charge is 0.497 e. The zero-order chi connectivity index (χ0) is 25.5. The highest BCUT2D eigenvalue weighted by molar-refractivity contribution is 7.12. The number of amides is 2. The highest BCUT2D eigenvalue weighted by Gasteiger charge is 2.21. The SMILES string of the molecule is COc1ccc(CC(=O)Nc2ccc(N(C)C)c(CN(Cc3ccco3)C(=O)c3cccs3)c2)cc1. The molecule has 0 aliphatic carbocycles. The Morgan fingerprint density at radius 2 is 1.81 bits per heavy atom. The minimum Gasteiger partial charge on any atom is -0.497 e. The van der Waals surface area contributed by atoms with Gasteiger partial charge in [0.1, 0.15) is 11.5 Å². The molecule has 8 heteroatoms. The minimum atomic E-state index is -0.120. The number of anilines is 2. The van der Waals surface area contributed by atoms with E-state index in [0.717, 1.165) is 22.6 Å². The summed E-state index contributed by atoms with van der Waals surface area (Å²) in [5.74, 6) is 1.26. The summed E-state index contributed by atoms with van der Waals surface area (Å²) >= 11 is 1.41. The Bertz CT molecular complexity index is 1280. The Labute approximate surface area is 214 Å². The zero-order valence-electron chi connectivity index (χ0n) is 20.6. The van der Waals surface area contributed by atoms with Gasteiger partial charge in [0, 0.05) is 32.0 Å². The summed E-state index contributed by atoms with van der Waals surface area (Å²) in [7, 11) is 5.53. The maximum Gasteiger partial charge on any atom is 0.264 e. The minimum absolute atomic E-state index is 0.0694. The van der Waals surface area contributed by atoms with Crippen LogP contribution < -0.4 is 15.0 Å². The van der Waals surface area contributed by atoms with Crippen molar-refractivity contribution in [1.29, 1.82) is 0 Å².